The summed E-state index contributed by atoms with van der Waals surface area (Å²) in [6.45, 7) is 1.59. The third kappa shape index (κ3) is 4.63. The predicted octanol–water partition coefficient (Wildman–Crippen LogP) is 4.28. The second-order valence-electron chi connectivity index (χ2n) is 6.80. The summed E-state index contributed by atoms with van der Waals surface area (Å²) in [7, 11) is 0. The molecule has 6 nitrogen and oxygen atoms in total. The van der Waals surface area contributed by atoms with Crippen LogP contribution in [-0.2, 0) is 12.1 Å². The van der Waals surface area contributed by atoms with Crippen molar-refractivity contribution < 1.29 is 18.3 Å². The van der Waals surface area contributed by atoms with Gasteiger partial charge in [0.25, 0.3) is 0 Å². The number of thioether (sulfide) groups is 1. The normalized spacial score (nSPS) is 14.4. The highest BCUT2D eigenvalue weighted by molar-refractivity contribution is 8.01. The summed E-state index contributed by atoms with van der Waals surface area (Å²) in [5.41, 5.74) is -1.31. The van der Waals surface area contributed by atoms with E-state index in [0.29, 0.717) is 15.7 Å². The van der Waals surface area contributed by atoms with Gasteiger partial charge in [-0.3, -0.25) is 0 Å². The topological polar surface area (TPSA) is 76.7 Å². The molecule has 2 atom stereocenters. The fourth-order valence-electron chi connectivity index (χ4n) is 3.09. The van der Waals surface area contributed by atoms with Crippen LogP contribution < -0.4 is 0 Å². The van der Waals surface area contributed by atoms with Crippen LogP contribution in [0.15, 0.2) is 59.5 Å². The number of benzene rings is 2. The van der Waals surface area contributed by atoms with E-state index in [4.69, 9.17) is 0 Å². The minimum Gasteiger partial charge on any atom is -0.382 e. The molecule has 0 saturated carbocycles. The molecule has 0 bridgehead atoms. The third-order valence-corrected chi connectivity index (χ3v) is 6.77. The van der Waals surface area contributed by atoms with Crippen LogP contribution in [0.1, 0.15) is 12.5 Å². The molecule has 0 fully saturated rings. The van der Waals surface area contributed by atoms with E-state index in [2.05, 4.69) is 19.4 Å². The number of aromatic nitrogens is 5. The maximum atomic E-state index is 14.6. The first-order valence-corrected chi connectivity index (χ1v) is 10.8. The molecular formula is C20H16F3N5OS2. The van der Waals surface area contributed by atoms with Gasteiger partial charge in [-0.2, -0.15) is 9.47 Å². The number of halogens is 3. The van der Waals surface area contributed by atoms with Crippen LogP contribution in [0.5, 0.6) is 0 Å². The number of hydrogen-bond donors (Lipinski definition) is 1. The fraction of sp³-hybridized carbons (Fsp3) is 0.200. The molecule has 4 aromatic rings. The lowest BCUT2D eigenvalue weighted by Crippen LogP contribution is -2.41. The number of aliphatic hydroxyl groups is 1. The van der Waals surface area contributed by atoms with E-state index in [0.717, 1.165) is 23.7 Å². The van der Waals surface area contributed by atoms with Gasteiger partial charge in [0.2, 0.25) is 0 Å². The molecule has 2 heterocycles. The van der Waals surface area contributed by atoms with E-state index in [9.17, 15) is 18.3 Å². The second-order valence-corrected chi connectivity index (χ2v) is 9.14. The minimum absolute atomic E-state index is 0.0701. The van der Waals surface area contributed by atoms with Crippen LogP contribution in [0.3, 0.4) is 0 Å². The zero-order valence-corrected chi connectivity index (χ0v) is 17.7. The number of hydrogen-bond acceptors (Lipinski definition) is 7. The minimum atomic E-state index is -1.76. The Kier molecular flexibility index (Phi) is 6.08. The van der Waals surface area contributed by atoms with E-state index in [1.165, 1.54) is 47.3 Å². The highest BCUT2D eigenvalue weighted by Gasteiger charge is 2.40. The molecule has 11 heteroatoms. The van der Waals surface area contributed by atoms with Crippen molar-refractivity contribution in [2.24, 2.45) is 0 Å². The van der Waals surface area contributed by atoms with Gasteiger partial charge in [0.05, 0.1) is 6.54 Å². The Balaban J connectivity index is 1.64. The van der Waals surface area contributed by atoms with Crippen LogP contribution in [0.2, 0.25) is 0 Å². The highest BCUT2D eigenvalue weighted by atomic mass is 32.2. The Morgan fingerprint density at radius 3 is 2.68 bits per heavy atom. The largest absolute Gasteiger partial charge is 0.382 e. The third-order valence-electron chi connectivity index (χ3n) is 4.71. The highest BCUT2D eigenvalue weighted by Crippen LogP contribution is 2.40. The number of rotatable bonds is 7. The van der Waals surface area contributed by atoms with Crippen molar-refractivity contribution in [2.75, 3.05) is 0 Å². The van der Waals surface area contributed by atoms with E-state index < -0.39 is 28.3 Å². The number of nitrogens with zero attached hydrogens (tertiary/aromatic N) is 5. The smallest absolute Gasteiger partial charge is 0.174 e. The molecule has 2 aromatic carbocycles. The van der Waals surface area contributed by atoms with Crippen molar-refractivity contribution in [3.8, 4) is 11.4 Å². The predicted molar refractivity (Wildman–Crippen MR) is 111 cm³/mol. The Labute approximate surface area is 184 Å². The standard InChI is InChI=1S/C20H16F3N5OS2/c1-12(30-19-26-18(27-31-19)13-3-2-4-14(21)7-13)20(29,9-28-11-24-10-25-28)16-6-5-15(22)8-17(16)23/h2-8,10-12,29H,9H2,1H3/t12-,20-/m1/s1. The Morgan fingerprint density at radius 1 is 1.16 bits per heavy atom. The van der Waals surface area contributed by atoms with Crippen LogP contribution in [0, 0.1) is 17.5 Å². The molecule has 160 valence electrons. The molecule has 0 radical (unpaired) electrons. The van der Waals surface area contributed by atoms with E-state index >= 15 is 0 Å². The van der Waals surface area contributed by atoms with E-state index in [1.54, 1.807) is 19.1 Å². The van der Waals surface area contributed by atoms with Crippen molar-refractivity contribution in [3.05, 3.63) is 78.1 Å². The summed E-state index contributed by atoms with van der Waals surface area (Å²) in [6.07, 6.45) is 2.70. The van der Waals surface area contributed by atoms with Gasteiger partial charge in [-0.05, 0) is 36.7 Å². The van der Waals surface area contributed by atoms with Crippen molar-refractivity contribution >= 4 is 23.3 Å². The van der Waals surface area contributed by atoms with Gasteiger partial charge < -0.3 is 5.11 Å². The van der Waals surface area contributed by atoms with Crippen LogP contribution in [-0.4, -0.2) is 34.5 Å². The first-order valence-electron chi connectivity index (χ1n) is 9.12. The molecule has 1 N–H and O–H groups in total. The van der Waals surface area contributed by atoms with Gasteiger partial charge in [-0.1, -0.05) is 30.0 Å². The fourth-order valence-corrected chi connectivity index (χ4v) is 5.08. The van der Waals surface area contributed by atoms with Crippen LogP contribution in [0.4, 0.5) is 13.2 Å². The lowest BCUT2D eigenvalue weighted by molar-refractivity contribution is 0.0133. The SMILES string of the molecule is C[C@@H](Sc1nc(-c2cccc(F)c2)ns1)[C@](O)(Cn1cncn1)c1ccc(F)cc1F. The van der Waals surface area contributed by atoms with Gasteiger partial charge in [-0.25, -0.2) is 27.8 Å². The summed E-state index contributed by atoms with van der Waals surface area (Å²) in [4.78, 5) is 8.26. The monoisotopic (exact) mass is 463 g/mol. The van der Waals surface area contributed by atoms with Gasteiger partial charge in [0.1, 0.15) is 35.7 Å². The summed E-state index contributed by atoms with van der Waals surface area (Å²) in [5.74, 6) is -1.66. The molecule has 0 aliphatic rings. The van der Waals surface area contributed by atoms with E-state index in [-0.39, 0.29) is 12.1 Å². The summed E-state index contributed by atoms with van der Waals surface area (Å²) in [5, 5.41) is 14.9. The molecule has 0 spiro atoms. The molecule has 31 heavy (non-hydrogen) atoms. The molecule has 0 saturated heterocycles. The quantitative estimate of drug-likeness (QED) is 0.412. The summed E-state index contributed by atoms with van der Waals surface area (Å²) < 4.78 is 47.7. The molecular weight excluding hydrogens is 447 g/mol. The van der Waals surface area contributed by atoms with Crippen molar-refractivity contribution in [1.82, 2.24) is 24.1 Å². The van der Waals surface area contributed by atoms with Crippen molar-refractivity contribution in [1.29, 1.82) is 0 Å². The maximum Gasteiger partial charge on any atom is 0.174 e. The average Bonchev–Trinajstić information content (AvgIpc) is 3.40. The van der Waals surface area contributed by atoms with Crippen molar-refractivity contribution in [3.63, 3.8) is 0 Å². The lowest BCUT2D eigenvalue weighted by atomic mass is 9.90. The zero-order valence-electron chi connectivity index (χ0n) is 16.1. The Morgan fingerprint density at radius 2 is 1.97 bits per heavy atom. The van der Waals surface area contributed by atoms with Gasteiger partial charge in [0, 0.05) is 22.4 Å². The molecule has 4 rings (SSSR count). The van der Waals surface area contributed by atoms with Crippen LogP contribution in [0.25, 0.3) is 11.4 Å². The molecule has 2 aromatic heterocycles. The lowest BCUT2D eigenvalue weighted by Gasteiger charge is -2.33. The molecule has 0 aliphatic carbocycles. The van der Waals surface area contributed by atoms with Gasteiger partial charge in [-0.15, -0.1) is 0 Å². The molecule has 0 amide bonds. The Hall–Kier alpha value is -2.76. The Bertz CT molecular complexity index is 1190. The van der Waals surface area contributed by atoms with Crippen LogP contribution >= 0.6 is 23.3 Å². The first-order chi connectivity index (χ1) is 14.8. The summed E-state index contributed by atoms with van der Waals surface area (Å²) >= 11 is 2.26. The zero-order chi connectivity index (χ0) is 22.0. The second kappa shape index (κ2) is 8.77. The van der Waals surface area contributed by atoms with E-state index in [1.807, 2.05) is 0 Å². The van der Waals surface area contributed by atoms with Gasteiger partial charge in [0.15, 0.2) is 10.2 Å². The van der Waals surface area contributed by atoms with Crippen molar-refractivity contribution in [2.45, 2.75) is 28.7 Å². The summed E-state index contributed by atoms with van der Waals surface area (Å²) in [6, 6.07) is 8.95. The average molecular weight is 464 g/mol. The molecule has 0 unspecified atom stereocenters. The first kappa shape index (κ1) is 21.5. The van der Waals surface area contributed by atoms with Gasteiger partial charge >= 0.3 is 0 Å². The molecule has 0 aliphatic heterocycles. The maximum absolute atomic E-state index is 14.6.